The van der Waals surface area contributed by atoms with Gasteiger partial charge in [-0.05, 0) is 18.6 Å². The summed E-state index contributed by atoms with van der Waals surface area (Å²) in [6.07, 6.45) is 0.151. The van der Waals surface area contributed by atoms with E-state index in [0.717, 1.165) is 11.1 Å². The zero-order chi connectivity index (χ0) is 17.4. The van der Waals surface area contributed by atoms with Crippen LogP contribution in [0.1, 0.15) is 22.7 Å². The molecule has 0 fully saturated rings. The maximum Gasteiger partial charge on any atom is 0.304 e. The van der Waals surface area contributed by atoms with Crippen LogP contribution in [-0.4, -0.2) is 35.0 Å². The molecule has 0 saturated heterocycles. The zero-order valence-corrected chi connectivity index (χ0v) is 14.9. The highest BCUT2D eigenvalue weighted by Gasteiger charge is 2.15. The minimum atomic E-state index is -0.793. The first kappa shape index (κ1) is 18.5. The molecule has 0 spiro atoms. The largest absolute Gasteiger partial charge is 0.481 e. The maximum atomic E-state index is 12.1. The van der Waals surface area contributed by atoms with Gasteiger partial charge < -0.3 is 14.8 Å². The molecule has 0 atom stereocenters. The van der Waals surface area contributed by atoms with Crippen LogP contribution in [0.5, 0.6) is 0 Å². The highest BCUT2D eigenvalue weighted by molar-refractivity contribution is 8.76. The molecule has 0 unspecified atom stereocenters. The number of carboxylic acids is 1. The van der Waals surface area contributed by atoms with Crippen molar-refractivity contribution < 1.29 is 19.1 Å². The molecular weight excluding hydrogens is 346 g/mol. The average molecular weight is 365 g/mol. The number of hydrogen-bond acceptors (Lipinski definition) is 5. The number of benzene rings is 1. The number of amides is 1. The second-order valence-corrected chi connectivity index (χ2v) is 7.69. The minimum Gasteiger partial charge on any atom is -0.481 e. The molecule has 24 heavy (non-hydrogen) atoms. The van der Waals surface area contributed by atoms with E-state index in [2.05, 4.69) is 5.32 Å². The van der Waals surface area contributed by atoms with E-state index in [0.29, 0.717) is 29.6 Å². The zero-order valence-electron chi connectivity index (χ0n) is 13.3. The van der Waals surface area contributed by atoms with E-state index in [1.165, 1.54) is 10.8 Å². The molecule has 0 aliphatic heterocycles. The minimum absolute atomic E-state index is 0.151. The fourth-order valence-electron chi connectivity index (χ4n) is 2.04. The van der Waals surface area contributed by atoms with Gasteiger partial charge in [0, 0.05) is 23.6 Å². The standard InChI is InChI=1S/C17H19NO4S2/c1-12-14(13-5-3-2-4-6-13)11-15(22-12)17(21)18-8-10-24-23-9-7-16(19)20/h2-6,11H,7-10H2,1H3,(H,18,21)(H,19,20). The summed E-state index contributed by atoms with van der Waals surface area (Å²) in [5.41, 5.74) is 1.93. The van der Waals surface area contributed by atoms with Crippen LogP contribution in [0, 0.1) is 6.92 Å². The molecule has 5 nitrogen and oxygen atoms in total. The van der Waals surface area contributed by atoms with Crippen molar-refractivity contribution in [2.45, 2.75) is 13.3 Å². The number of carbonyl (C=O) groups is 2. The molecule has 1 aromatic carbocycles. The van der Waals surface area contributed by atoms with E-state index < -0.39 is 5.97 Å². The average Bonchev–Trinajstić information content (AvgIpc) is 2.96. The topological polar surface area (TPSA) is 79.5 Å². The van der Waals surface area contributed by atoms with Gasteiger partial charge >= 0.3 is 5.97 Å². The maximum absolute atomic E-state index is 12.1. The molecule has 2 N–H and O–H groups in total. The molecule has 1 amide bonds. The molecule has 7 heteroatoms. The van der Waals surface area contributed by atoms with Gasteiger partial charge in [-0.3, -0.25) is 9.59 Å². The monoisotopic (exact) mass is 365 g/mol. The van der Waals surface area contributed by atoms with Crippen molar-refractivity contribution in [1.82, 2.24) is 5.32 Å². The Hall–Kier alpha value is -1.86. The number of rotatable bonds is 9. The lowest BCUT2D eigenvalue weighted by Gasteiger charge is -2.02. The van der Waals surface area contributed by atoms with Crippen LogP contribution >= 0.6 is 21.6 Å². The van der Waals surface area contributed by atoms with Crippen molar-refractivity contribution in [2.75, 3.05) is 18.1 Å². The van der Waals surface area contributed by atoms with Crippen molar-refractivity contribution in [2.24, 2.45) is 0 Å². The first-order valence-corrected chi connectivity index (χ1v) is 9.97. The number of carboxylic acid groups (broad SMARTS) is 1. The van der Waals surface area contributed by atoms with Gasteiger partial charge in [0.25, 0.3) is 5.91 Å². The molecule has 2 rings (SSSR count). The van der Waals surface area contributed by atoms with Gasteiger partial charge in [-0.2, -0.15) is 0 Å². The predicted molar refractivity (Wildman–Crippen MR) is 98.4 cm³/mol. The first-order chi connectivity index (χ1) is 11.6. The summed E-state index contributed by atoms with van der Waals surface area (Å²) in [4.78, 5) is 22.5. The first-order valence-electron chi connectivity index (χ1n) is 7.48. The smallest absolute Gasteiger partial charge is 0.304 e. The van der Waals surface area contributed by atoms with Gasteiger partial charge in [-0.1, -0.05) is 51.9 Å². The van der Waals surface area contributed by atoms with Crippen LogP contribution in [0.2, 0.25) is 0 Å². The summed E-state index contributed by atoms with van der Waals surface area (Å²) >= 11 is 0. The highest BCUT2D eigenvalue weighted by atomic mass is 33.1. The molecule has 0 bridgehead atoms. The third-order valence-corrected chi connectivity index (χ3v) is 5.59. The van der Waals surface area contributed by atoms with Crippen molar-refractivity contribution in [3.63, 3.8) is 0 Å². The molecule has 0 saturated carbocycles. The van der Waals surface area contributed by atoms with Gasteiger partial charge in [0.05, 0.1) is 6.42 Å². The summed E-state index contributed by atoms with van der Waals surface area (Å²) in [5.74, 6) is 1.25. The molecule has 0 aliphatic carbocycles. The quantitative estimate of drug-likeness (QED) is 0.519. The Morgan fingerprint density at radius 3 is 2.58 bits per heavy atom. The Morgan fingerprint density at radius 2 is 1.88 bits per heavy atom. The molecule has 2 aromatic rings. The molecule has 1 heterocycles. The van der Waals surface area contributed by atoms with Crippen LogP contribution in [0.4, 0.5) is 0 Å². The van der Waals surface area contributed by atoms with Gasteiger partial charge in [0.15, 0.2) is 5.76 Å². The lowest BCUT2D eigenvalue weighted by atomic mass is 10.1. The van der Waals surface area contributed by atoms with E-state index in [1.54, 1.807) is 16.9 Å². The Bertz CT molecular complexity index is 685. The van der Waals surface area contributed by atoms with Crippen LogP contribution in [0.25, 0.3) is 11.1 Å². The summed E-state index contributed by atoms with van der Waals surface area (Å²) in [7, 11) is 3.04. The highest BCUT2D eigenvalue weighted by Crippen LogP contribution is 2.26. The lowest BCUT2D eigenvalue weighted by molar-refractivity contribution is -0.136. The molecule has 1 aromatic heterocycles. The Morgan fingerprint density at radius 1 is 1.17 bits per heavy atom. The van der Waals surface area contributed by atoms with E-state index in [1.807, 2.05) is 37.3 Å². The SMILES string of the molecule is Cc1oc(C(=O)NCCSSCCC(=O)O)cc1-c1ccccc1. The summed E-state index contributed by atoms with van der Waals surface area (Å²) in [6.45, 7) is 2.35. The Balaban J connectivity index is 1.78. The molecule has 0 radical (unpaired) electrons. The van der Waals surface area contributed by atoms with Gasteiger partial charge in [0.1, 0.15) is 5.76 Å². The fourth-order valence-corrected chi connectivity index (χ4v) is 3.92. The molecule has 0 aliphatic rings. The summed E-state index contributed by atoms with van der Waals surface area (Å²) in [6, 6.07) is 11.5. The van der Waals surface area contributed by atoms with Crippen LogP contribution in [0.15, 0.2) is 40.8 Å². The normalized spacial score (nSPS) is 10.5. The van der Waals surface area contributed by atoms with Crippen molar-refractivity contribution in [1.29, 1.82) is 0 Å². The number of nitrogens with one attached hydrogen (secondary N) is 1. The second-order valence-electron chi connectivity index (χ2n) is 4.99. The molecule has 128 valence electrons. The van der Waals surface area contributed by atoms with Crippen LogP contribution in [0.3, 0.4) is 0 Å². The Kier molecular flexibility index (Phi) is 7.27. The summed E-state index contributed by atoms with van der Waals surface area (Å²) in [5, 5.41) is 11.3. The second kappa shape index (κ2) is 9.44. The van der Waals surface area contributed by atoms with Crippen LogP contribution < -0.4 is 5.32 Å². The van der Waals surface area contributed by atoms with Crippen molar-refractivity contribution >= 4 is 33.5 Å². The lowest BCUT2D eigenvalue weighted by Crippen LogP contribution is -2.25. The van der Waals surface area contributed by atoms with E-state index in [9.17, 15) is 9.59 Å². The number of aliphatic carboxylic acids is 1. The fraction of sp³-hybridized carbons (Fsp3) is 0.294. The number of aryl methyl sites for hydroxylation is 1. The van der Waals surface area contributed by atoms with Crippen LogP contribution in [-0.2, 0) is 4.79 Å². The third kappa shape index (κ3) is 5.65. The number of carbonyl (C=O) groups excluding carboxylic acids is 1. The molecular formula is C17H19NO4S2. The van der Waals surface area contributed by atoms with Crippen molar-refractivity contribution in [3.05, 3.63) is 47.9 Å². The summed E-state index contributed by atoms with van der Waals surface area (Å²) < 4.78 is 5.56. The van der Waals surface area contributed by atoms with E-state index in [4.69, 9.17) is 9.52 Å². The van der Waals surface area contributed by atoms with E-state index >= 15 is 0 Å². The van der Waals surface area contributed by atoms with Gasteiger partial charge in [0.2, 0.25) is 0 Å². The number of furan rings is 1. The number of hydrogen-bond donors (Lipinski definition) is 2. The predicted octanol–water partition coefficient (Wildman–Crippen LogP) is 3.84. The third-order valence-electron chi connectivity index (χ3n) is 3.18. The Labute approximate surface area is 148 Å². The van der Waals surface area contributed by atoms with E-state index in [-0.39, 0.29) is 12.3 Å². The van der Waals surface area contributed by atoms with Gasteiger partial charge in [-0.25, -0.2) is 0 Å². The van der Waals surface area contributed by atoms with Crippen molar-refractivity contribution in [3.8, 4) is 11.1 Å². The van der Waals surface area contributed by atoms with Gasteiger partial charge in [-0.15, -0.1) is 0 Å².